The molecule has 0 aromatic rings. The predicted octanol–water partition coefficient (Wildman–Crippen LogP) is 2.81. The number of aliphatic hydroxyl groups is 3. The van der Waals surface area contributed by atoms with Gasteiger partial charge in [0.1, 0.15) is 11.7 Å². The fourth-order valence-corrected chi connectivity index (χ4v) is 2.60. The minimum absolute atomic E-state index is 0.131. The zero-order valence-corrected chi connectivity index (χ0v) is 13.7. The Bertz CT molecular complexity index is 407. The molecule has 0 spiro atoms. The van der Waals surface area contributed by atoms with Crippen molar-refractivity contribution in [2.75, 3.05) is 6.61 Å². The van der Waals surface area contributed by atoms with E-state index in [-0.39, 0.29) is 12.0 Å². The lowest BCUT2D eigenvalue weighted by Gasteiger charge is -2.47. The Morgan fingerprint density at radius 3 is 2.10 bits per heavy atom. The van der Waals surface area contributed by atoms with Crippen LogP contribution in [0.25, 0.3) is 0 Å². The molecule has 0 fully saturated rings. The molecule has 3 N–H and O–H groups in total. The van der Waals surface area contributed by atoms with Crippen LogP contribution in [-0.2, 0) is 0 Å². The third-order valence-electron chi connectivity index (χ3n) is 4.15. The first-order valence-electron chi connectivity index (χ1n) is 7.38. The van der Waals surface area contributed by atoms with Crippen LogP contribution >= 0.6 is 0 Å². The quantitative estimate of drug-likeness (QED) is 0.746. The van der Waals surface area contributed by atoms with Crippen LogP contribution in [-0.4, -0.2) is 33.6 Å². The Kier molecular flexibility index (Phi) is 4.90. The smallest absolute Gasteiger partial charge is 0.118 e. The second kappa shape index (κ2) is 5.63. The highest BCUT2D eigenvalue weighted by Crippen LogP contribution is 2.45. The van der Waals surface area contributed by atoms with Crippen molar-refractivity contribution >= 4 is 0 Å². The Morgan fingerprint density at radius 1 is 1.15 bits per heavy atom. The molecule has 2 atom stereocenters. The number of rotatable bonds is 3. The largest absolute Gasteiger partial charge is 0.396 e. The summed E-state index contributed by atoms with van der Waals surface area (Å²) in [6, 6.07) is 0. The van der Waals surface area contributed by atoms with Crippen molar-refractivity contribution in [2.45, 2.75) is 66.1 Å². The highest BCUT2D eigenvalue weighted by atomic mass is 16.3. The number of aliphatic hydroxyl groups excluding tert-OH is 2. The average Bonchev–Trinajstić information content (AvgIpc) is 2.27. The molecule has 0 aliphatic heterocycles. The van der Waals surface area contributed by atoms with Crippen LogP contribution < -0.4 is 0 Å². The molecule has 0 heterocycles. The molecule has 1 aliphatic carbocycles. The average molecular weight is 282 g/mol. The monoisotopic (exact) mass is 282 g/mol. The van der Waals surface area contributed by atoms with E-state index in [2.05, 4.69) is 0 Å². The molecular weight excluding hydrogens is 252 g/mol. The van der Waals surface area contributed by atoms with E-state index in [0.29, 0.717) is 12.8 Å². The van der Waals surface area contributed by atoms with Crippen LogP contribution in [0.15, 0.2) is 23.3 Å². The van der Waals surface area contributed by atoms with Gasteiger partial charge in [-0.05, 0) is 40.9 Å². The maximum atomic E-state index is 11.1. The Hall–Kier alpha value is -0.640. The van der Waals surface area contributed by atoms with Crippen molar-refractivity contribution in [3.63, 3.8) is 0 Å². The van der Waals surface area contributed by atoms with Crippen molar-refractivity contribution in [1.29, 1.82) is 0 Å². The SMILES string of the molecule is CC(C)(C)C1=CC(CCCO)=CC(O)(C(C)(C)C)C1O. The Labute approximate surface area is 123 Å². The summed E-state index contributed by atoms with van der Waals surface area (Å²) in [5, 5.41) is 30.7. The van der Waals surface area contributed by atoms with Gasteiger partial charge < -0.3 is 15.3 Å². The summed E-state index contributed by atoms with van der Waals surface area (Å²) < 4.78 is 0. The molecule has 3 heteroatoms. The van der Waals surface area contributed by atoms with Crippen molar-refractivity contribution in [2.24, 2.45) is 10.8 Å². The first-order valence-corrected chi connectivity index (χ1v) is 7.38. The number of allylic oxidation sites excluding steroid dienone is 2. The second-order valence-corrected chi connectivity index (χ2v) is 7.87. The molecule has 2 unspecified atom stereocenters. The normalized spacial score (nSPS) is 28.1. The Balaban J connectivity index is 3.30. The van der Waals surface area contributed by atoms with E-state index in [4.69, 9.17) is 5.11 Å². The van der Waals surface area contributed by atoms with E-state index in [1.165, 1.54) is 0 Å². The van der Waals surface area contributed by atoms with Gasteiger partial charge in [-0.25, -0.2) is 0 Å². The zero-order valence-electron chi connectivity index (χ0n) is 13.7. The number of hydrogen-bond acceptors (Lipinski definition) is 3. The van der Waals surface area contributed by atoms with Gasteiger partial charge in [0, 0.05) is 6.61 Å². The van der Waals surface area contributed by atoms with Crippen LogP contribution in [0, 0.1) is 10.8 Å². The maximum Gasteiger partial charge on any atom is 0.118 e. The first-order chi connectivity index (χ1) is 8.93. The molecule has 1 aliphatic rings. The van der Waals surface area contributed by atoms with E-state index < -0.39 is 17.1 Å². The molecule has 3 nitrogen and oxygen atoms in total. The Morgan fingerprint density at radius 2 is 1.70 bits per heavy atom. The summed E-state index contributed by atoms with van der Waals surface area (Å²) in [6.07, 6.45) is 4.24. The summed E-state index contributed by atoms with van der Waals surface area (Å²) in [7, 11) is 0. The van der Waals surface area contributed by atoms with Crippen LogP contribution in [0.2, 0.25) is 0 Å². The lowest BCUT2D eigenvalue weighted by molar-refractivity contribution is -0.0983. The minimum Gasteiger partial charge on any atom is -0.396 e. The fraction of sp³-hybridized carbons (Fsp3) is 0.765. The third kappa shape index (κ3) is 3.33. The van der Waals surface area contributed by atoms with Crippen molar-refractivity contribution in [3.8, 4) is 0 Å². The lowest BCUT2D eigenvalue weighted by atomic mass is 9.64. The first kappa shape index (κ1) is 17.4. The summed E-state index contributed by atoms with van der Waals surface area (Å²) in [6.45, 7) is 12.1. The zero-order chi connectivity index (χ0) is 15.8. The van der Waals surface area contributed by atoms with Crippen molar-refractivity contribution in [1.82, 2.24) is 0 Å². The van der Waals surface area contributed by atoms with Gasteiger partial charge in [0.2, 0.25) is 0 Å². The fourth-order valence-electron chi connectivity index (χ4n) is 2.60. The minimum atomic E-state index is -1.28. The molecule has 0 amide bonds. The second-order valence-electron chi connectivity index (χ2n) is 7.87. The van der Waals surface area contributed by atoms with E-state index in [1.54, 1.807) is 6.08 Å². The number of hydrogen-bond donors (Lipinski definition) is 3. The van der Waals surface area contributed by atoms with Gasteiger partial charge in [-0.1, -0.05) is 47.6 Å². The van der Waals surface area contributed by atoms with Gasteiger partial charge >= 0.3 is 0 Å². The van der Waals surface area contributed by atoms with E-state index in [9.17, 15) is 10.2 Å². The topological polar surface area (TPSA) is 60.7 Å². The van der Waals surface area contributed by atoms with Gasteiger partial charge in [-0.15, -0.1) is 0 Å². The van der Waals surface area contributed by atoms with Crippen molar-refractivity contribution < 1.29 is 15.3 Å². The summed E-state index contributed by atoms with van der Waals surface area (Å²) in [5.74, 6) is 0. The van der Waals surface area contributed by atoms with Gasteiger partial charge in [-0.3, -0.25) is 0 Å². The van der Waals surface area contributed by atoms with Gasteiger partial charge in [-0.2, -0.15) is 0 Å². The molecule has 0 radical (unpaired) electrons. The van der Waals surface area contributed by atoms with Crippen LogP contribution in [0.4, 0.5) is 0 Å². The molecule has 20 heavy (non-hydrogen) atoms. The standard InChI is InChI=1S/C17H30O3/c1-15(2,3)13-10-12(8-7-9-18)11-17(20,14(13)19)16(4,5)6/h10-11,14,18-20H,7-9H2,1-6H3. The third-order valence-corrected chi connectivity index (χ3v) is 4.15. The van der Waals surface area contributed by atoms with E-state index >= 15 is 0 Å². The lowest BCUT2D eigenvalue weighted by Crippen LogP contribution is -2.54. The summed E-state index contributed by atoms with van der Waals surface area (Å²) >= 11 is 0. The van der Waals surface area contributed by atoms with Crippen LogP contribution in [0.3, 0.4) is 0 Å². The van der Waals surface area contributed by atoms with Crippen molar-refractivity contribution in [3.05, 3.63) is 23.3 Å². The molecule has 0 aromatic heterocycles. The van der Waals surface area contributed by atoms with Gasteiger partial charge in [0.05, 0.1) is 0 Å². The highest BCUT2D eigenvalue weighted by Gasteiger charge is 2.49. The molecule has 0 saturated carbocycles. The van der Waals surface area contributed by atoms with E-state index in [0.717, 1.165) is 11.1 Å². The molecule has 0 aromatic carbocycles. The molecule has 0 bridgehead atoms. The summed E-state index contributed by atoms with van der Waals surface area (Å²) in [4.78, 5) is 0. The van der Waals surface area contributed by atoms with E-state index in [1.807, 2.05) is 47.6 Å². The van der Waals surface area contributed by atoms with Crippen LogP contribution in [0.5, 0.6) is 0 Å². The predicted molar refractivity (Wildman–Crippen MR) is 82.4 cm³/mol. The van der Waals surface area contributed by atoms with Gasteiger partial charge in [0.15, 0.2) is 0 Å². The highest BCUT2D eigenvalue weighted by molar-refractivity contribution is 5.40. The molecule has 0 saturated heterocycles. The van der Waals surface area contributed by atoms with Crippen LogP contribution in [0.1, 0.15) is 54.4 Å². The molecular formula is C17H30O3. The summed E-state index contributed by atoms with van der Waals surface area (Å²) in [5.41, 5.74) is -0.120. The van der Waals surface area contributed by atoms with Gasteiger partial charge in [0.25, 0.3) is 0 Å². The molecule has 116 valence electrons. The maximum absolute atomic E-state index is 11.1. The molecule has 1 rings (SSSR count).